The van der Waals surface area contributed by atoms with Gasteiger partial charge in [0.25, 0.3) is 0 Å². The van der Waals surface area contributed by atoms with Gasteiger partial charge in [0.05, 0.1) is 12.3 Å². The monoisotopic (exact) mass is 322 g/mol. The molecular weight excluding hydrogens is 300 g/mol. The highest BCUT2D eigenvalue weighted by Gasteiger charge is 2.16. The summed E-state index contributed by atoms with van der Waals surface area (Å²) in [4.78, 5) is 11.6. The number of benzene rings is 1. The minimum absolute atomic E-state index is 0.126. The van der Waals surface area contributed by atoms with Crippen molar-refractivity contribution in [2.45, 2.75) is 25.8 Å². The number of aliphatic hydroxyl groups is 1. The van der Waals surface area contributed by atoms with E-state index in [0.717, 1.165) is 41.2 Å². The lowest BCUT2D eigenvalue weighted by molar-refractivity contribution is 0.278. The summed E-state index contributed by atoms with van der Waals surface area (Å²) in [6.07, 6.45) is 7.66. The summed E-state index contributed by atoms with van der Waals surface area (Å²) < 4.78 is 2.09. The second kappa shape index (κ2) is 6.61. The molecule has 24 heavy (non-hydrogen) atoms. The first kappa shape index (κ1) is 15.1. The number of nitrogens with zero attached hydrogens (tertiary/aromatic N) is 4. The Labute approximate surface area is 141 Å². The Morgan fingerprint density at radius 2 is 1.88 bits per heavy atom. The summed E-state index contributed by atoms with van der Waals surface area (Å²) in [5, 5.41) is 10.5. The quantitative estimate of drug-likeness (QED) is 0.802. The van der Waals surface area contributed by atoms with Crippen LogP contribution in [0.2, 0.25) is 0 Å². The van der Waals surface area contributed by atoms with Crippen LogP contribution in [0.15, 0.2) is 42.7 Å². The van der Waals surface area contributed by atoms with Gasteiger partial charge in [0, 0.05) is 48.5 Å². The first-order valence-corrected chi connectivity index (χ1v) is 8.64. The van der Waals surface area contributed by atoms with Crippen molar-refractivity contribution in [2.24, 2.45) is 0 Å². The molecule has 0 spiro atoms. The zero-order valence-corrected chi connectivity index (χ0v) is 13.7. The van der Waals surface area contributed by atoms with Crippen molar-refractivity contribution >= 4 is 16.9 Å². The molecule has 2 aromatic heterocycles. The van der Waals surface area contributed by atoms with Gasteiger partial charge in [0.15, 0.2) is 0 Å². The van der Waals surface area contributed by atoms with Gasteiger partial charge in [-0.05, 0) is 31.4 Å². The SMILES string of the molecule is OCCn1cc(-c2ccnc(N3CCCCC3)n2)c2ccccc21. The molecule has 1 fully saturated rings. The van der Waals surface area contributed by atoms with Gasteiger partial charge in [-0.3, -0.25) is 0 Å². The molecule has 1 saturated heterocycles. The van der Waals surface area contributed by atoms with Crippen LogP contribution in [0.5, 0.6) is 0 Å². The van der Waals surface area contributed by atoms with E-state index in [1.807, 2.05) is 24.4 Å². The molecule has 0 amide bonds. The van der Waals surface area contributed by atoms with Crippen LogP contribution in [0.3, 0.4) is 0 Å². The van der Waals surface area contributed by atoms with E-state index in [-0.39, 0.29) is 6.61 Å². The number of fused-ring (bicyclic) bond motifs is 1. The molecule has 3 aromatic rings. The molecule has 1 N–H and O–H groups in total. The number of anilines is 1. The van der Waals surface area contributed by atoms with E-state index in [2.05, 4.69) is 32.8 Å². The number of para-hydroxylation sites is 1. The summed E-state index contributed by atoms with van der Waals surface area (Å²) in [5.74, 6) is 0.825. The first-order chi connectivity index (χ1) is 11.9. The molecule has 0 radical (unpaired) electrons. The van der Waals surface area contributed by atoms with Crippen LogP contribution in [0.1, 0.15) is 19.3 Å². The number of piperidine rings is 1. The zero-order valence-electron chi connectivity index (χ0n) is 13.7. The van der Waals surface area contributed by atoms with Crippen molar-refractivity contribution < 1.29 is 5.11 Å². The molecule has 1 aliphatic heterocycles. The van der Waals surface area contributed by atoms with E-state index in [1.165, 1.54) is 19.3 Å². The standard InChI is InChI=1S/C19H22N4O/c24-13-12-23-14-16(15-6-2-3-7-18(15)23)17-8-9-20-19(21-17)22-10-4-1-5-11-22/h2-3,6-9,14,24H,1,4-5,10-13H2. The van der Waals surface area contributed by atoms with E-state index >= 15 is 0 Å². The van der Waals surface area contributed by atoms with Gasteiger partial charge in [-0.25, -0.2) is 9.97 Å². The molecule has 0 saturated carbocycles. The van der Waals surface area contributed by atoms with Crippen molar-refractivity contribution in [3.05, 3.63) is 42.7 Å². The average molecular weight is 322 g/mol. The Hall–Kier alpha value is -2.40. The fraction of sp³-hybridized carbons (Fsp3) is 0.368. The summed E-state index contributed by atoms with van der Waals surface area (Å²) in [5.41, 5.74) is 3.16. The number of aliphatic hydroxyl groups excluding tert-OH is 1. The van der Waals surface area contributed by atoms with E-state index in [0.29, 0.717) is 6.54 Å². The van der Waals surface area contributed by atoms with Gasteiger partial charge in [-0.2, -0.15) is 0 Å². The predicted molar refractivity (Wildman–Crippen MR) is 96.1 cm³/mol. The Morgan fingerprint density at radius 3 is 2.71 bits per heavy atom. The van der Waals surface area contributed by atoms with Gasteiger partial charge in [0.2, 0.25) is 5.95 Å². The van der Waals surface area contributed by atoms with Crippen molar-refractivity contribution in [3.63, 3.8) is 0 Å². The lowest BCUT2D eigenvalue weighted by atomic mass is 10.1. The lowest BCUT2D eigenvalue weighted by Gasteiger charge is -2.26. The highest BCUT2D eigenvalue weighted by molar-refractivity contribution is 5.95. The van der Waals surface area contributed by atoms with E-state index in [4.69, 9.17) is 4.98 Å². The fourth-order valence-electron chi connectivity index (χ4n) is 3.49. The van der Waals surface area contributed by atoms with Crippen molar-refractivity contribution in [1.29, 1.82) is 0 Å². The number of hydrogen-bond donors (Lipinski definition) is 1. The van der Waals surface area contributed by atoms with E-state index in [9.17, 15) is 5.11 Å². The second-order valence-corrected chi connectivity index (χ2v) is 6.27. The molecule has 4 rings (SSSR count). The van der Waals surface area contributed by atoms with Crippen LogP contribution in [0, 0.1) is 0 Å². The lowest BCUT2D eigenvalue weighted by Crippen LogP contribution is -2.30. The third kappa shape index (κ3) is 2.76. The first-order valence-electron chi connectivity index (χ1n) is 8.64. The molecule has 124 valence electrons. The van der Waals surface area contributed by atoms with Crippen molar-refractivity contribution in [2.75, 3.05) is 24.6 Å². The predicted octanol–water partition coefficient (Wildman–Crippen LogP) is 3.08. The van der Waals surface area contributed by atoms with Gasteiger partial charge in [-0.15, -0.1) is 0 Å². The largest absolute Gasteiger partial charge is 0.395 e. The Balaban J connectivity index is 1.77. The Bertz CT molecular complexity index is 836. The maximum absolute atomic E-state index is 9.32. The van der Waals surface area contributed by atoms with E-state index in [1.54, 1.807) is 0 Å². The van der Waals surface area contributed by atoms with Gasteiger partial charge in [-0.1, -0.05) is 18.2 Å². The summed E-state index contributed by atoms with van der Waals surface area (Å²) >= 11 is 0. The van der Waals surface area contributed by atoms with Crippen LogP contribution in [-0.4, -0.2) is 39.3 Å². The second-order valence-electron chi connectivity index (χ2n) is 6.27. The summed E-state index contributed by atoms with van der Waals surface area (Å²) in [6, 6.07) is 10.2. The molecule has 0 atom stereocenters. The molecule has 5 heteroatoms. The number of aromatic nitrogens is 3. The maximum Gasteiger partial charge on any atom is 0.225 e. The summed E-state index contributed by atoms with van der Waals surface area (Å²) in [7, 11) is 0. The molecule has 3 heterocycles. The average Bonchev–Trinajstić information content (AvgIpc) is 3.02. The van der Waals surface area contributed by atoms with Crippen molar-refractivity contribution in [3.8, 4) is 11.3 Å². The minimum atomic E-state index is 0.126. The van der Waals surface area contributed by atoms with Crippen LogP contribution in [0.25, 0.3) is 22.2 Å². The smallest absolute Gasteiger partial charge is 0.225 e. The maximum atomic E-state index is 9.32. The normalized spacial score (nSPS) is 15.1. The number of rotatable bonds is 4. The van der Waals surface area contributed by atoms with E-state index < -0.39 is 0 Å². The highest BCUT2D eigenvalue weighted by atomic mass is 16.3. The van der Waals surface area contributed by atoms with Crippen LogP contribution in [0.4, 0.5) is 5.95 Å². The van der Waals surface area contributed by atoms with Gasteiger partial charge >= 0.3 is 0 Å². The molecule has 0 bridgehead atoms. The van der Waals surface area contributed by atoms with Crippen LogP contribution >= 0.6 is 0 Å². The molecule has 1 aromatic carbocycles. The molecule has 0 aliphatic carbocycles. The summed E-state index contributed by atoms with van der Waals surface area (Å²) in [6.45, 7) is 2.79. The topological polar surface area (TPSA) is 54.2 Å². The zero-order chi connectivity index (χ0) is 16.4. The third-order valence-corrected chi connectivity index (χ3v) is 4.69. The molecule has 5 nitrogen and oxygen atoms in total. The van der Waals surface area contributed by atoms with Crippen LogP contribution in [-0.2, 0) is 6.54 Å². The van der Waals surface area contributed by atoms with Gasteiger partial charge in [0.1, 0.15) is 0 Å². The minimum Gasteiger partial charge on any atom is -0.395 e. The third-order valence-electron chi connectivity index (χ3n) is 4.69. The molecule has 1 aliphatic rings. The van der Waals surface area contributed by atoms with Crippen LogP contribution < -0.4 is 4.90 Å². The highest BCUT2D eigenvalue weighted by Crippen LogP contribution is 2.30. The Morgan fingerprint density at radius 1 is 1.04 bits per heavy atom. The fourth-order valence-corrected chi connectivity index (χ4v) is 3.49. The number of hydrogen-bond acceptors (Lipinski definition) is 4. The molecule has 0 unspecified atom stereocenters. The van der Waals surface area contributed by atoms with Crippen molar-refractivity contribution in [1.82, 2.24) is 14.5 Å². The van der Waals surface area contributed by atoms with Gasteiger partial charge < -0.3 is 14.6 Å². The molecular formula is C19H22N4O. The Kier molecular flexibility index (Phi) is 4.17.